The Morgan fingerprint density at radius 3 is 1.04 bits per heavy atom. The number of rotatable bonds is 6. The van der Waals surface area contributed by atoms with E-state index >= 15 is 0 Å². The third-order valence-electron chi connectivity index (χ3n) is 10.9. The molecule has 0 amide bonds. The maximum atomic E-state index is 14.6. The molecule has 0 aromatic heterocycles. The van der Waals surface area contributed by atoms with Crippen molar-refractivity contribution in [3.63, 3.8) is 0 Å². The van der Waals surface area contributed by atoms with Gasteiger partial charge in [0.2, 0.25) is 0 Å². The third kappa shape index (κ3) is 9.02. The van der Waals surface area contributed by atoms with Crippen LogP contribution in [0.25, 0.3) is 22.3 Å². The minimum absolute atomic E-state index is 0.127. The van der Waals surface area contributed by atoms with Gasteiger partial charge in [-0.3, -0.25) is 9.13 Å². The van der Waals surface area contributed by atoms with Gasteiger partial charge in [-0.1, -0.05) is 168 Å². The summed E-state index contributed by atoms with van der Waals surface area (Å²) in [5.74, 6) is 0. The van der Waals surface area contributed by atoms with Gasteiger partial charge in [-0.15, -0.1) is 0 Å². The lowest BCUT2D eigenvalue weighted by Crippen LogP contribution is -2.45. The average molecular weight is 785 g/mol. The molecule has 0 atom stereocenters. The monoisotopic (exact) mass is 784 g/mol. The molecule has 4 aromatic carbocycles. The first kappa shape index (κ1) is 41.8. The van der Waals surface area contributed by atoms with Gasteiger partial charge < -0.3 is 18.1 Å². The van der Waals surface area contributed by atoms with Crippen LogP contribution >= 0.6 is 15.2 Å². The molecular weight excluding hydrogens is 722 g/mol. The third-order valence-corrected chi connectivity index (χ3v) is 14.4. The van der Waals surface area contributed by atoms with E-state index in [1.165, 1.54) is 0 Å². The topological polar surface area (TPSA) is 71.1 Å². The summed E-state index contributed by atoms with van der Waals surface area (Å²) in [4.78, 5) is 0. The van der Waals surface area contributed by atoms with Crippen LogP contribution in [0.1, 0.15) is 116 Å². The first-order valence-corrected chi connectivity index (χ1v) is 23.1. The van der Waals surface area contributed by atoms with Crippen molar-refractivity contribution in [2.24, 2.45) is 5.41 Å². The minimum Gasteiger partial charge on any atom is -0.307 e. The summed E-state index contributed by atoms with van der Waals surface area (Å²) < 4.78 is 54.5. The van der Waals surface area contributed by atoms with Crippen LogP contribution in [0.15, 0.2) is 84.9 Å². The van der Waals surface area contributed by atoms with Crippen LogP contribution in [0.4, 0.5) is 0 Å². The summed E-state index contributed by atoms with van der Waals surface area (Å²) in [5.41, 5.74) is 9.47. The minimum atomic E-state index is -3.58. The van der Waals surface area contributed by atoms with Crippen molar-refractivity contribution in [2.75, 3.05) is 26.4 Å². The van der Waals surface area contributed by atoms with E-state index in [2.05, 4.69) is 156 Å². The fraction of sp³-hybridized carbons (Fsp3) is 0.489. The number of benzene rings is 4. The van der Waals surface area contributed by atoms with Crippen LogP contribution in [0.2, 0.25) is 0 Å². The highest BCUT2D eigenvalue weighted by molar-refractivity contribution is 7.53. The van der Waals surface area contributed by atoms with Crippen molar-refractivity contribution >= 4 is 15.2 Å². The van der Waals surface area contributed by atoms with Gasteiger partial charge in [-0.2, -0.15) is 0 Å². The zero-order valence-electron chi connectivity index (χ0n) is 35.2. The molecule has 0 bridgehead atoms. The van der Waals surface area contributed by atoms with Crippen molar-refractivity contribution in [1.29, 1.82) is 0 Å². The van der Waals surface area contributed by atoms with Crippen molar-refractivity contribution in [1.82, 2.24) is 0 Å². The van der Waals surface area contributed by atoms with E-state index in [1.807, 2.05) is 12.1 Å². The van der Waals surface area contributed by atoms with E-state index in [9.17, 15) is 9.13 Å². The normalized spacial score (nSPS) is 23.9. The Hall–Kier alpha value is -2.82. The largest absolute Gasteiger partial charge is 0.335 e. The second kappa shape index (κ2) is 14.8. The average Bonchev–Trinajstić information content (AvgIpc) is 3.09. The molecule has 8 heteroatoms. The molecule has 0 unspecified atom stereocenters. The first-order chi connectivity index (χ1) is 25.4. The van der Waals surface area contributed by atoms with Gasteiger partial charge in [-0.25, -0.2) is 0 Å². The zero-order chi connectivity index (χ0) is 40.2. The van der Waals surface area contributed by atoms with Crippen LogP contribution in [0.5, 0.6) is 0 Å². The maximum absolute atomic E-state index is 14.6. The quantitative estimate of drug-likeness (QED) is 0.181. The Balaban J connectivity index is 1.26. The Bertz CT molecular complexity index is 1930. The van der Waals surface area contributed by atoms with E-state index in [0.29, 0.717) is 0 Å². The highest BCUT2D eigenvalue weighted by atomic mass is 31.2. The summed E-state index contributed by atoms with van der Waals surface area (Å²) in [7, 11) is -7.17. The van der Waals surface area contributed by atoms with Crippen molar-refractivity contribution < 1.29 is 27.2 Å². The molecular formula is C47H62O6P2. The molecule has 2 saturated heterocycles. The molecule has 2 aliphatic rings. The van der Waals surface area contributed by atoms with Gasteiger partial charge >= 0.3 is 15.2 Å². The Morgan fingerprint density at radius 1 is 0.455 bits per heavy atom. The highest BCUT2D eigenvalue weighted by Crippen LogP contribution is 2.63. The summed E-state index contributed by atoms with van der Waals surface area (Å²) in [6.45, 7) is 26.9. The van der Waals surface area contributed by atoms with E-state index in [-0.39, 0.29) is 60.4 Å². The SMILES string of the molecule is CC(C)(C)c1ccc(-c2ccccc2)c(C(C)(C)C)c1CP1(=O)OCC2(CO1)COP(=O)(Cc1c(C(C)(C)C)ccc(-c3ccccc3)c1C(C)(C)C)OC2. The van der Waals surface area contributed by atoms with E-state index < -0.39 is 20.6 Å². The second-order valence-corrected chi connectivity index (χ2v) is 24.0. The van der Waals surface area contributed by atoms with E-state index in [4.69, 9.17) is 18.1 Å². The molecule has 0 saturated carbocycles. The van der Waals surface area contributed by atoms with Gasteiger partial charge in [0.15, 0.2) is 0 Å². The van der Waals surface area contributed by atoms with Crippen LogP contribution in [-0.2, 0) is 61.2 Å². The molecule has 296 valence electrons. The smallest absolute Gasteiger partial charge is 0.307 e. The lowest BCUT2D eigenvalue weighted by Gasteiger charge is -2.44. The predicted octanol–water partition coefficient (Wildman–Crippen LogP) is 13.4. The molecule has 0 aliphatic carbocycles. The second-order valence-electron chi connectivity index (χ2n) is 19.9. The lowest BCUT2D eigenvalue weighted by atomic mass is 9.73. The fourth-order valence-electron chi connectivity index (χ4n) is 8.29. The summed E-state index contributed by atoms with van der Waals surface area (Å²) in [6, 6.07) is 29.5. The van der Waals surface area contributed by atoms with Gasteiger partial charge in [0.1, 0.15) is 0 Å². The Labute approximate surface area is 330 Å². The van der Waals surface area contributed by atoms with E-state index in [1.54, 1.807) is 0 Å². The van der Waals surface area contributed by atoms with Crippen LogP contribution < -0.4 is 0 Å². The van der Waals surface area contributed by atoms with Crippen LogP contribution in [0, 0.1) is 5.41 Å². The molecule has 4 aromatic rings. The molecule has 1 spiro atoms. The molecule has 55 heavy (non-hydrogen) atoms. The Kier molecular flexibility index (Phi) is 11.3. The van der Waals surface area contributed by atoms with E-state index in [0.717, 1.165) is 55.6 Å². The number of hydrogen-bond donors (Lipinski definition) is 0. The molecule has 6 nitrogen and oxygen atoms in total. The van der Waals surface area contributed by atoms with Crippen molar-refractivity contribution in [3.8, 4) is 22.3 Å². The Morgan fingerprint density at radius 2 is 0.764 bits per heavy atom. The van der Waals surface area contributed by atoms with Gasteiger partial charge in [0.05, 0.1) is 44.2 Å². The van der Waals surface area contributed by atoms with Gasteiger partial charge in [0.25, 0.3) is 0 Å². The standard InChI is InChI=1S/C47H62O6P2/c1-43(2,3)39-25-23-35(33-19-15-13-16-20-33)41(45(7,8)9)37(39)27-54(48)50-29-47(30-51-54)31-52-55(49,53-32-47)28-38-40(44(4,5)6)26-24-36(42(38)46(10,11)12)34-21-17-14-18-22-34/h13-26H,27-32H2,1-12H3. The molecule has 2 fully saturated rings. The summed E-state index contributed by atoms with van der Waals surface area (Å²) in [6.07, 6.45) is 0.318. The molecule has 2 aliphatic heterocycles. The number of hydrogen-bond acceptors (Lipinski definition) is 6. The van der Waals surface area contributed by atoms with Crippen LogP contribution in [-0.4, -0.2) is 26.4 Å². The predicted molar refractivity (Wildman–Crippen MR) is 227 cm³/mol. The molecule has 0 N–H and O–H groups in total. The van der Waals surface area contributed by atoms with Gasteiger partial charge in [0, 0.05) is 0 Å². The lowest BCUT2D eigenvalue weighted by molar-refractivity contribution is -0.0690. The molecule has 2 heterocycles. The summed E-state index contributed by atoms with van der Waals surface area (Å²) >= 11 is 0. The molecule has 6 rings (SSSR count). The van der Waals surface area contributed by atoms with Crippen molar-refractivity contribution in [3.05, 3.63) is 118 Å². The maximum Gasteiger partial charge on any atom is 0.335 e. The van der Waals surface area contributed by atoms with Gasteiger partial charge in [-0.05, 0) is 77.3 Å². The fourth-order valence-corrected chi connectivity index (χ4v) is 12.1. The molecule has 0 radical (unpaired) electrons. The highest BCUT2D eigenvalue weighted by Gasteiger charge is 2.50. The summed E-state index contributed by atoms with van der Waals surface area (Å²) in [5, 5.41) is 0. The first-order valence-electron chi connectivity index (χ1n) is 19.6. The van der Waals surface area contributed by atoms with Crippen LogP contribution in [0.3, 0.4) is 0 Å². The van der Waals surface area contributed by atoms with Crippen molar-refractivity contribution in [2.45, 2.75) is 117 Å². The zero-order valence-corrected chi connectivity index (χ0v) is 37.0.